The summed E-state index contributed by atoms with van der Waals surface area (Å²) in [6.45, 7) is 5.68. The van der Waals surface area contributed by atoms with E-state index in [1.165, 1.54) is 6.07 Å². The molecule has 1 aromatic heterocycles. The zero-order valence-corrected chi connectivity index (χ0v) is 12.0. The number of benzene rings is 1. The van der Waals surface area contributed by atoms with Gasteiger partial charge in [-0.1, -0.05) is 13.8 Å². The summed E-state index contributed by atoms with van der Waals surface area (Å²) in [6.07, 6.45) is 0. The predicted molar refractivity (Wildman–Crippen MR) is 78.3 cm³/mol. The molecule has 5 nitrogen and oxygen atoms in total. The molecule has 0 saturated carbocycles. The average molecular weight is 293 g/mol. The van der Waals surface area contributed by atoms with E-state index in [1.807, 2.05) is 13.8 Å². The van der Waals surface area contributed by atoms with Crippen LogP contribution in [-0.4, -0.2) is 9.97 Å². The Morgan fingerprint density at radius 1 is 1.10 bits per heavy atom. The predicted octanol–water partition coefficient (Wildman–Crippen LogP) is 3.22. The van der Waals surface area contributed by atoms with Gasteiger partial charge in [0.1, 0.15) is 17.5 Å². The van der Waals surface area contributed by atoms with E-state index >= 15 is 0 Å². The van der Waals surface area contributed by atoms with Crippen LogP contribution in [0.2, 0.25) is 0 Å². The van der Waals surface area contributed by atoms with Crippen molar-refractivity contribution in [3.05, 3.63) is 41.2 Å². The summed E-state index contributed by atoms with van der Waals surface area (Å²) in [6, 6.07) is 3.56. The smallest absolute Gasteiger partial charge is 0.160 e. The van der Waals surface area contributed by atoms with Gasteiger partial charge in [0.15, 0.2) is 11.6 Å². The minimum atomic E-state index is -0.923. The van der Waals surface area contributed by atoms with Crippen molar-refractivity contribution < 1.29 is 8.78 Å². The highest BCUT2D eigenvalue weighted by atomic mass is 19.2. The van der Waals surface area contributed by atoms with Crippen molar-refractivity contribution in [3.63, 3.8) is 0 Å². The first-order valence-electron chi connectivity index (χ1n) is 6.49. The van der Waals surface area contributed by atoms with Gasteiger partial charge in [-0.3, -0.25) is 0 Å². The number of rotatable bonds is 4. The van der Waals surface area contributed by atoms with E-state index < -0.39 is 11.6 Å². The fourth-order valence-corrected chi connectivity index (χ4v) is 1.76. The fourth-order valence-electron chi connectivity index (χ4n) is 1.76. The number of nitrogens with two attached hydrogens (primary N) is 1. The lowest BCUT2D eigenvalue weighted by Gasteiger charge is -2.15. The highest BCUT2D eigenvalue weighted by Gasteiger charge is 2.13. The summed E-state index contributed by atoms with van der Waals surface area (Å²) >= 11 is 0. The topological polar surface area (TPSA) is 75.9 Å². The minimum absolute atomic E-state index is 0.100. The molecule has 7 heteroatoms. The molecular weight excluding hydrogens is 276 g/mol. The molecule has 0 spiro atoms. The van der Waals surface area contributed by atoms with Crippen LogP contribution in [-0.2, 0) is 0 Å². The van der Waals surface area contributed by atoms with Gasteiger partial charge < -0.3 is 10.7 Å². The van der Waals surface area contributed by atoms with Gasteiger partial charge in [0.05, 0.1) is 0 Å². The second kappa shape index (κ2) is 6.01. The molecule has 4 N–H and O–H groups in total. The van der Waals surface area contributed by atoms with Crippen LogP contribution in [0.5, 0.6) is 0 Å². The molecule has 112 valence electrons. The molecule has 0 bridgehead atoms. The van der Waals surface area contributed by atoms with E-state index in [0.717, 1.165) is 12.1 Å². The third kappa shape index (κ3) is 3.25. The van der Waals surface area contributed by atoms with Crippen molar-refractivity contribution >= 4 is 17.3 Å². The fraction of sp³-hybridized carbons (Fsp3) is 0.286. The van der Waals surface area contributed by atoms with Crippen LogP contribution in [0.1, 0.15) is 31.2 Å². The molecule has 0 aliphatic carbocycles. The van der Waals surface area contributed by atoms with E-state index in [9.17, 15) is 8.78 Å². The molecular formula is C14H17F2N5. The Morgan fingerprint density at radius 3 is 2.33 bits per heavy atom. The van der Waals surface area contributed by atoms with Gasteiger partial charge in [-0.25, -0.2) is 24.6 Å². The lowest BCUT2D eigenvalue weighted by Crippen LogP contribution is -2.14. The maximum absolute atomic E-state index is 13.3. The highest BCUT2D eigenvalue weighted by molar-refractivity contribution is 5.64. The molecule has 0 aliphatic rings. The Kier molecular flexibility index (Phi) is 4.32. The Labute approximate surface area is 121 Å². The number of nitrogen functional groups attached to an aromatic ring is 1. The summed E-state index contributed by atoms with van der Waals surface area (Å²) in [4.78, 5) is 8.70. The lowest BCUT2D eigenvalue weighted by molar-refractivity contribution is 0.509. The normalized spacial score (nSPS) is 10.8. The molecule has 2 aromatic rings. The zero-order valence-electron chi connectivity index (χ0n) is 12.0. The number of anilines is 3. The first-order chi connectivity index (χ1) is 9.92. The quantitative estimate of drug-likeness (QED) is 0.596. The third-order valence-electron chi connectivity index (χ3n) is 3.00. The van der Waals surface area contributed by atoms with E-state index in [0.29, 0.717) is 28.7 Å². The van der Waals surface area contributed by atoms with Gasteiger partial charge in [0.25, 0.3) is 0 Å². The number of halogens is 2. The number of hydrogen-bond donors (Lipinski definition) is 3. The van der Waals surface area contributed by atoms with Crippen molar-refractivity contribution in [2.24, 2.45) is 5.84 Å². The Bertz CT molecular complexity index is 658. The summed E-state index contributed by atoms with van der Waals surface area (Å²) < 4.78 is 26.2. The van der Waals surface area contributed by atoms with Crippen LogP contribution in [0.15, 0.2) is 18.2 Å². The largest absolute Gasteiger partial charge is 0.340 e. The molecule has 2 rings (SSSR count). The van der Waals surface area contributed by atoms with Gasteiger partial charge in [-0.2, -0.15) is 0 Å². The molecule has 0 fully saturated rings. The SMILES string of the molecule is Cc1c(NN)nc(C(C)C)nc1Nc1ccc(F)c(F)c1. The molecule has 0 aliphatic heterocycles. The molecule has 1 heterocycles. The first kappa shape index (κ1) is 15.1. The Hall–Kier alpha value is -2.28. The van der Waals surface area contributed by atoms with Crippen LogP contribution in [0, 0.1) is 18.6 Å². The maximum atomic E-state index is 13.3. The molecule has 0 saturated heterocycles. The van der Waals surface area contributed by atoms with E-state index in [4.69, 9.17) is 5.84 Å². The van der Waals surface area contributed by atoms with Gasteiger partial charge >= 0.3 is 0 Å². The molecule has 1 aromatic carbocycles. The Balaban J connectivity index is 2.42. The lowest BCUT2D eigenvalue weighted by atomic mass is 10.2. The summed E-state index contributed by atoms with van der Waals surface area (Å²) in [5, 5.41) is 2.96. The molecule has 0 radical (unpaired) electrons. The number of hydrogen-bond acceptors (Lipinski definition) is 5. The Morgan fingerprint density at radius 2 is 1.76 bits per heavy atom. The molecule has 0 atom stereocenters. The number of aromatic nitrogens is 2. The van der Waals surface area contributed by atoms with Gasteiger partial charge in [-0.05, 0) is 19.1 Å². The van der Waals surface area contributed by atoms with Crippen LogP contribution in [0.4, 0.5) is 26.1 Å². The van der Waals surface area contributed by atoms with Gasteiger partial charge in [0.2, 0.25) is 0 Å². The number of nitrogens with one attached hydrogen (secondary N) is 2. The number of nitrogens with zero attached hydrogens (tertiary/aromatic N) is 2. The summed E-state index contributed by atoms with van der Waals surface area (Å²) in [5.41, 5.74) is 3.60. The summed E-state index contributed by atoms with van der Waals surface area (Å²) in [7, 11) is 0. The first-order valence-corrected chi connectivity index (χ1v) is 6.49. The molecule has 0 amide bonds. The van der Waals surface area contributed by atoms with Crippen LogP contribution in [0.3, 0.4) is 0 Å². The van der Waals surface area contributed by atoms with Crippen molar-refractivity contribution in [3.8, 4) is 0 Å². The zero-order chi connectivity index (χ0) is 15.6. The van der Waals surface area contributed by atoms with Gasteiger partial charge in [-0.15, -0.1) is 0 Å². The standard InChI is InChI=1S/C14H17F2N5/c1-7(2)12-19-13(8(3)14(20-12)21-17)18-9-4-5-10(15)11(16)6-9/h4-7H,17H2,1-3H3,(H2,18,19,20,21). The third-order valence-corrected chi connectivity index (χ3v) is 3.00. The average Bonchev–Trinajstić information content (AvgIpc) is 2.44. The summed E-state index contributed by atoms with van der Waals surface area (Å²) in [5.74, 6) is 5.30. The monoisotopic (exact) mass is 293 g/mol. The van der Waals surface area contributed by atoms with Crippen molar-refractivity contribution in [1.29, 1.82) is 0 Å². The molecule has 21 heavy (non-hydrogen) atoms. The van der Waals surface area contributed by atoms with E-state index in [2.05, 4.69) is 20.7 Å². The van der Waals surface area contributed by atoms with Crippen molar-refractivity contribution in [2.75, 3.05) is 10.7 Å². The van der Waals surface area contributed by atoms with Crippen LogP contribution < -0.4 is 16.6 Å². The van der Waals surface area contributed by atoms with E-state index in [1.54, 1.807) is 6.92 Å². The van der Waals surface area contributed by atoms with Crippen LogP contribution >= 0.6 is 0 Å². The second-order valence-corrected chi connectivity index (χ2v) is 4.96. The minimum Gasteiger partial charge on any atom is -0.340 e. The maximum Gasteiger partial charge on any atom is 0.160 e. The van der Waals surface area contributed by atoms with Crippen molar-refractivity contribution in [1.82, 2.24) is 9.97 Å². The number of hydrazine groups is 1. The second-order valence-electron chi connectivity index (χ2n) is 4.96. The highest BCUT2D eigenvalue weighted by Crippen LogP contribution is 2.26. The van der Waals surface area contributed by atoms with Gasteiger partial charge in [0, 0.05) is 23.2 Å². The van der Waals surface area contributed by atoms with Crippen LogP contribution in [0.25, 0.3) is 0 Å². The van der Waals surface area contributed by atoms with E-state index in [-0.39, 0.29) is 5.92 Å². The van der Waals surface area contributed by atoms with Crippen molar-refractivity contribution in [2.45, 2.75) is 26.7 Å². The molecule has 0 unspecified atom stereocenters.